The van der Waals surface area contributed by atoms with Crippen molar-refractivity contribution in [3.63, 3.8) is 0 Å². The number of likely N-dealkylation sites (N-methyl/N-ethyl adjacent to an activating group) is 1. The zero-order valence-corrected chi connectivity index (χ0v) is 15.0. The van der Waals surface area contributed by atoms with Gasteiger partial charge in [0.25, 0.3) is 0 Å². The van der Waals surface area contributed by atoms with Crippen molar-refractivity contribution in [3.8, 4) is 0 Å². The molecule has 6 heteroatoms. The molecule has 1 aliphatic carbocycles. The van der Waals surface area contributed by atoms with Crippen molar-refractivity contribution in [2.75, 3.05) is 20.1 Å². The molecule has 0 radical (unpaired) electrons. The van der Waals surface area contributed by atoms with Gasteiger partial charge in [-0.25, -0.2) is 9.97 Å². The minimum absolute atomic E-state index is 0.0178. The number of rotatable bonds is 7. The highest BCUT2D eigenvalue weighted by Crippen LogP contribution is 2.22. The number of nitrogens with one attached hydrogen (secondary N) is 1. The molecule has 6 nitrogen and oxygen atoms in total. The van der Waals surface area contributed by atoms with Crippen molar-refractivity contribution in [2.45, 2.75) is 39.2 Å². The third-order valence-corrected chi connectivity index (χ3v) is 4.45. The van der Waals surface area contributed by atoms with Crippen LogP contribution in [0, 0.1) is 6.92 Å². The predicted octanol–water partition coefficient (Wildman–Crippen LogP) is 1.46. The molecule has 0 bridgehead atoms. The Kier molecular flexibility index (Phi) is 5.71. The summed E-state index contributed by atoms with van der Waals surface area (Å²) in [4.78, 5) is 27.4. The molecule has 0 spiro atoms. The first-order chi connectivity index (χ1) is 12.1. The molecule has 2 heterocycles. The summed E-state index contributed by atoms with van der Waals surface area (Å²) < 4.78 is 0. The SMILES string of the molecule is Cc1nc(CCNC(=O)CN(C)Cc2cccnc2)nc2c1CCC2. The number of nitrogens with zero attached hydrogens (tertiary/aromatic N) is 4. The van der Waals surface area contributed by atoms with E-state index >= 15 is 0 Å². The fraction of sp³-hybridized carbons (Fsp3) is 0.474. The number of hydrogen-bond donors (Lipinski definition) is 1. The number of carbonyl (C=O) groups is 1. The van der Waals surface area contributed by atoms with Crippen LogP contribution in [0.3, 0.4) is 0 Å². The Labute approximate surface area is 148 Å². The molecular weight excluding hydrogens is 314 g/mol. The van der Waals surface area contributed by atoms with E-state index in [2.05, 4.69) is 27.2 Å². The number of pyridine rings is 1. The number of aryl methyl sites for hydroxylation is 2. The van der Waals surface area contributed by atoms with Gasteiger partial charge in [-0.2, -0.15) is 0 Å². The standard InChI is InChI=1S/C19H25N5O/c1-14-16-6-3-7-17(16)23-18(22-14)8-10-21-19(25)13-24(2)12-15-5-4-9-20-11-15/h4-5,9,11H,3,6-8,10,12-13H2,1-2H3,(H,21,25). The molecule has 1 N–H and O–H groups in total. The monoisotopic (exact) mass is 339 g/mol. The van der Waals surface area contributed by atoms with Gasteiger partial charge in [0.1, 0.15) is 5.82 Å². The van der Waals surface area contributed by atoms with E-state index in [1.807, 2.05) is 30.3 Å². The second-order valence-electron chi connectivity index (χ2n) is 6.64. The maximum atomic E-state index is 12.1. The highest BCUT2D eigenvalue weighted by molar-refractivity contribution is 5.77. The maximum absolute atomic E-state index is 12.1. The summed E-state index contributed by atoms with van der Waals surface area (Å²) >= 11 is 0. The predicted molar refractivity (Wildman–Crippen MR) is 96.1 cm³/mol. The molecule has 0 saturated heterocycles. The molecule has 0 fully saturated rings. The Balaban J connectivity index is 1.43. The van der Waals surface area contributed by atoms with Crippen LogP contribution in [0.2, 0.25) is 0 Å². The second kappa shape index (κ2) is 8.16. The molecule has 25 heavy (non-hydrogen) atoms. The molecule has 1 aliphatic rings. The zero-order chi connectivity index (χ0) is 17.6. The lowest BCUT2D eigenvalue weighted by Gasteiger charge is -2.16. The van der Waals surface area contributed by atoms with Crippen LogP contribution in [-0.2, 0) is 30.6 Å². The average Bonchev–Trinajstić information content (AvgIpc) is 3.04. The van der Waals surface area contributed by atoms with Crippen molar-refractivity contribution in [3.05, 3.63) is 52.9 Å². The number of aromatic nitrogens is 3. The number of amides is 1. The fourth-order valence-electron chi connectivity index (χ4n) is 3.27. The van der Waals surface area contributed by atoms with Crippen molar-refractivity contribution in [1.82, 2.24) is 25.2 Å². The first-order valence-corrected chi connectivity index (χ1v) is 8.81. The van der Waals surface area contributed by atoms with Crippen LogP contribution in [0.5, 0.6) is 0 Å². The van der Waals surface area contributed by atoms with Gasteiger partial charge in [-0.3, -0.25) is 14.7 Å². The quantitative estimate of drug-likeness (QED) is 0.827. The smallest absolute Gasteiger partial charge is 0.234 e. The van der Waals surface area contributed by atoms with Crippen LogP contribution in [0.4, 0.5) is 0 Å². The van der Waals surface area contributed by atoms with E-state index in [1.54, 1.807) is 6.20 Å². The van der Waals surface area contributed by atoms with E-state index < -0.39 is 0 Å². The van der Waals surface area contributed by atoms with Crippen LogP contribution >= 0.6 is 0 Å². The molecule has 3 rings (SSSR count). The summed E-state index contributed by atoms with van der Waals surface area (Å²) in [5, 5.41) is 2.96. The lowest BCUT2D eigenvalue weighted by molar-refractivity contribution is -0.122. The van der Waals surface area contributed by atoms with Gasteiger partial charge in [-0.1, -0.05) is 6.07 Å². The van der Waals surface area contributed by atoms with Gasteiger partial charge in [0, 0.05) is 43.3 Å². The molecule has 2 aromatic heterocycles. The molecule has 2 aromatic rings. The van der Waals surface area contributed by atoms with Crippen LogP contribution < -0.4 is 5.32 Å². The molecule has 0 aromatic carbocycles. The van der Waals surface area contributed by atoms with Gasteiger partial charge in [-0.15, -0.1) is 0 Å². The summed E-state index contributed by atoms with van der Waals surface area (Å²) in [5.41, 5.74) is 4.72. The van der Waals surface area contributed by atoms with Gasteiger partial charge in [0.2, 0.25) is 5.91 Å². The molecular formula is C19H25N5O. The fourth-order valence-corrected chi connectivity index (χ4v) is 3.27. The third kappa shape index (κ3) is 4.82. The normalized spacial score (nSPS) is 13.1. The Hall–Kier alpha value is -2.34. The summed E-state index contributed by atoms with van der Waals surface area (Å²) in [6, 6.07) is 3.91. The minimum atomic E-state index is 0.0178. The van der Waals surface area contributed by atoms with Crippen LogP contribution in [0.15, 0.2) is 24.5 Å². The van der Waals surface area contributed by atoms with Gasteiger partial charge < -0.3 is 5.32 Å². The largest absolute Gasteiger partial charge is 0.355 e. The summed E-state index contributed by atoms with van der Waals surface area (Å²) in [5.74, 6) is 0.853. The summed E-state index contributed by atoms with van der Waals surface area (Å²) in [6.07, 6.45) is 7.57. The Morgan fingerprint density at radius 2 is 2.20 bits per heavy atom. The van der Waals surface area contributed by atoms with Crippen LogP contribution in [0.25, 0.3) is 0 Å². The van der Waals surface area contributed by atoms with Gasteiger partial charge in [0.05, 0.1) is 6.54 Å². The van der Waals surface area contributed by atoms with Crippen molar-refractivity contribution >= 4 is 5.91 Å². The van der Waals surface area contributed by atoms with E-state index in [4.69, 9.17) is 0 Å². The highest BCUT2D eigenvalue weighted by Gasteiger charge is 2.16. The lowest BCUT2D eigenvalue weighted by atomic mass is 10.2. The molecule has 0 saturated carbocycles. The molecule has 132 valence electrons. The molecule has 0 unspecified atom stereocenters. The number of fused-ring (bicyclic) bond motifs is 1. The van der Waals surface area contributed by atoms with Gasteiger partial charge in [-0.05, 0) is 50.4 Å². The Morgan fingerprint density at radius 3 is 3.00 bits per heavy atom. The molecule has 1 amide bonds. The summed E-state index contributed by atoms with van der Waals surface area (Å²) in [6.45, 7) is 3.69. The first kappa shape index (κ1) is 17.5. The Bertz CT molecular complexity index is 732. The van der Waals surface area contributed by atoms with Gasteiger partial charge >= 0.3 is 0 Å². The second-order valence-corrected chi connectivity index (χ2v) is 6.64. The average molecular weight is 339 g/mol. The lowest BCUT2D eigenvalue weighted by Crippen LogP contribution is -2.36. The molecule has 0 aliphatic heterocycles. The zero-order valence-electron chi connectivity index (χ0n) is 15.0. The Morgan fingerprint density at radius 1 is 1.32 bits per heavy atom. The van der Waals surface area contributed by atoms with Crippen LogP contribution in [0.1, 0.15) is 34.8 Å². The van der Waals surface area contributed by atoms with Crippen LogP contribution in [-0.4, -0.2) is 45.9 Å². The van der Waals surface area contributed by atoms with E-state index in [0.717, 1.165) is 29.9 Å². The van der Waals surface area contributed by atoms with Gasteiger partial charge in [0.15, 0.2) is 0 Å². The third-order valence-electron chi connectivity index (χ3n) is 4.45. The van der Waals surface area contributed by atoms with Crippen molar-refractivity contribution in [1.29, 1.82) is 0 Å². The maximum Gasteiger partial charge on any atom is 0.234 e. The molecule has 0 atom stereocenters. The van der Waals surface area contributed by atoms with Crippen molar-refractivity contribution in [2.24, 2.45) is 0 Å². The van der Waals surface area contributed by atoms with Crippen molar-refractivity contribution < 1.29 is 4.79 Å². The van der Waals surface area contributed by atoms with E-state index in [-0.39, 0.29) is 5.91 Å². The van der Waals surface area contributed by atoms with E-state index in [1.165, 1.54) is 17.7 Å². The first-order valence-electron chi connectivity index (χ1n) is 8.81. The number of hydrogen-bond acceptors (Lipinski definition) is 5. The van der Waals surface area contributed by atoms with E-state index in [9.17, 15) is 4.79 Å². The number of carbonyl (C=O) groups excluding carboxylic acids is 1. The highest BCUT2D eigenvalue weighted by atomic mass is 16.2. The summed E-state index contributed by atoms with van der Waals surface area (Å²) in [7, 11) is 1.93. The minimum Gasteiger partial charge on any atom is -0.355 e. The topological polar surface area (TPSA) is 71.0 Å². The van der Waals surface area contributed by atoms with E-state index in [0.29, 0.717) is 26.1 Å².